The van der Waals surface area contributed by atoms with Crippen LogP contribution in [0.2, 0.25) is 0 Å². The predicted octanol–water partition coefficient (Wildman–Crippen LogP) is 2.42. The molecular formula is C13H13N3. The third-order valence-corrected chi connectivity index (χ3v) is 3.06. The number of fused-ring (bicyclic) bond motifs is 1. The number of aryl methyl sites for hydroxylation is 2. The molecule has 0 unspecified atom stereocenters. The maximum atomic E-state index is 4.72. The highest BCUT2D eigenvalue weighted by Gasteiger charge is 2.11. The third kappa shape index (κ3) is 1.69. The zero-order valence-corrected chi connectivity index (χ0v) is 9.06. The van der Waals surface area contributed by atoms with Crippen LogP contribution in [0.5, 0.6) is 0 Å². The van der Waals surface area contributed by atoms with Crippen molar-refractivity contribution in [3.63, 3.8) is 0 Å². The van der Waals surface area contributed by atoms with Crippen LogP contribution in [-0.2, 0) is 12.8 Å². The van der Waals surface area contributed by atoms with E-state index in [4.69, 9.17) is 4.98 Å². The molecule has 16 heavy (non-hydrogen) atoms. The van der Waals surface area contributed by atoms with Gasteiger partial charge in [-0.1, -0.05) is 6.07 Å². The van der Waals surface area contributed by atoms with E-state index in [9.17, 15) is 0 Å². The normalized spacial score (nSPS) is 14.5. The van der Waals surface area contributed by atoms with Gasteiger partial charge in [-0.05, 0) is 43.4 Å². The molecule has 3 nitrogen and oxygen atoms in total. The summed E-state index contributed by atoms with van der Waals surface area (Å²) in [7, 11) is 0. The van der Waals surface area contributed by atoms with Crippen LogP contribution in [0.25, 0.3) is 11.3 Å². The Bertz CT molecular complexity index is 494. The minimum atomic E-state index is 1.01. The standard InChI is InChI=1S/C13H13N3/c1-2-4-12-10(3-1)5-6-13(16-12)11-7-8-14-15-9-11/h5-9H,1-4H2. The molecule has 3 heteroatoms. The van der Waals surface area contributed by atoms with E-state index in [0.29, 0.717) is 0 Å². The van der Waals surface area contributed by atoms with E-state index in [-0.39, 0.29) is 0 Å². The van der Waals surface area contributed by atoms with Crippen LogP contribution >= 0.6 is 0 Å². The van der Waals surface area contributed by atoms with Crippen LogP contribution in [0.4, 0.5) is 0 Å². The number of hydrogen-bond donors (Lipinski definition) is 0. The lowest BCUT2D eigenvalue weighted by atomic mass is 9.95. The molecule has 2 heterocycles. The lowest BCUT2D eigenvalue weighted by Gasteiger charge is -2.15. The minimum absolute atomic E-state index is 1.01. The maximum Gasteiger partial charge on any atom is 0.0722 e. The van der Waals surface area contributed by atoms with E-state index < -0.39 is 0 Å². The summed E-state index contributed by atoms with van der Waals surface area (Å²) in [5.41, 5.74) is 4.73. The predicted molar refractivity (Wildman–Crippen MR) is 61.9 cm³/mol. The monoisotopic (exact) mass is 211 g/mol. The summed E-state index contributed by atoms with van der Waals surface area (Å²) >= 11 is 0. The summed E-state index contributed by atoms with van der Waals surface area (Å²) in [5.74, 6) is 0. The zero-order valence-electron chi connectivity index (χ0n) is 9.06. The molecule has 3 rings (SSSR count). The van der Waals surface area contributed by atoms with Crippen LogP contribution < -0.4 is 0 Å². The molecule has 0 amide bonds. The molecule has 2 aromatic rings. The van der Waals surface area contributed by atoms with Crippen molar-refractivity contribution in [1.29, 1.82) is 0 Å². The number of pyridine rings is 1. The molecule has 2 aromatic heterocycles. The average Bonchev–Trinajstić information content (AvgIpc) is 2.39. The van der Waals surface area contributed by atoms with Crippen LogP contribution in [-0.4, -0.2) is 15.2 Å². The Hall–Kier alpha value is -1.77. The maximum absolute atomic E-state index is 4.72. The number of rotatable bonds is 1. The first-order chi connectivity index (χ1) is 7.93. The first-order valence-electron chi connectivity index (χ1n) is 5.69. The molecule has 0 aliphatic heterocycles. The summed E-state index contributed by atoms with van der Waals surface area (Å²) in [4.78, 5) is 4.72. The summed E-state index contributed by atoms with van der Waals surface area (Å²) in [6.45, 7) is 0. The van der Waals surface area contributed by atoms with Gasteiger partial charge < -0.3 is 0 Å². The van der Waals surface area contributed by atoms with Crippen LogP contribution in [0, 0.1) is 0 Å². The van der Waals surface area contributed by atoms with Crippen molar-refractivity contribution in [2.75, 3.05) is 0 Å². The zero-order chi connectivity index (χ0) is 10.8. The van der Waals surface area contributed by atoms with Gasteiger partial charge in [-0.3, -0.25) is 4.98 Å². The van der Waals surface area contributed by atoms with Crippen molar-refractivity contribution in [3.8, 4) is 11.3 Å². The molecular weight excluding hydrogens is 198 g/mol. The van der Waals surface area contributed by atoms with Gasteiger partial charge >= 0.3 is 0 Å². The Balaban J connectivity index is 2.03. The fourth-order valence-electron chi connectivity index (χ4n) is 2.19. The molecule has 1 aliphatic rings. The van der Waals surface area contributed by atoms with E-state index in [1.807, 2.05) is 6.07 Å². The lowest BCUT2D eigenvalue weighted by Crippen LogP contribution is -2.05. The number of hydrogen-bond acceptors (Lipinski definition) is 3. The topological polar surface area (TPSA) is 38.7 Å². The SMILES string of the molecule is c1cc(-c2ccc3c(n2)CCCC3)cnn1. The van der Waals surface area contributed by atoms with Gasteiger partial charge in [0.05, 0.1) is 18.1 Å². The van der Waals surface area contributed by atoms with E-state index in [1.54, 1.807) is 12.4 Å². The minimum Gasteiger partial charge on any atom is -0.252 e. The summed E-state index contributed by atoms with van der Waals surface area (Å²) in [5, 5.41) is 7.66. The first kappa shape index (κ1) is 9.46. The van der Waals surface area contributed by atoms with E-state index in [2.05, 4.69) is 22.3 Å². The highest BCUT2D eigenvalue weighted by molar-refractivity contribution is 5.57. The first-order valence-corrected chi connectivity index (χ1v) is 5.69. The van der Waals surface area contributed by atoms with Crippen molar-refractivity contribution < 1.29 is 0 Å². The molecule has 0 saturated heterocycles. The molecule has 0 bridgehead atoms. The quantitative estimate of drug-likeness (QED) is 0.727. The number of nitrogens with zero attached hydrogens (tertiary/aromatic N) is 3. The Morgan fingerprint density at radius 3 is 2.75 bits per heavy atom. The molecule has 0 saturated carbocycles. The lowest BCUT2D eigenvalue weighted by molar-refractivity contribution is 0.668. The summed E-state index contributed by atoms with van der Waals surface area (Å²) in [6, 6.07) is 6.24. The number of aromatic nitrogens is 3. The van der Waals surface area contributed by atoms with Crippen LogP contribution in [0.1, 0.15) is 24.1 Å². The smallest absolute Gasteiger partial charge is 0.0722 e. The molecule has 1 aliphatic carbocycles. The second kappa shape index (κ2) is 4.00. The highest BCUT2D eigenvalue weighted by Crippen LogP contribution is 2.23. The Labute approximate surface area is 94.6 Å². The Morgan fingerprint density at radius 1 is 0.938 bits per heavy atom. The van der Waals surface area contributed by atoms with Gasteiger partial charge in [0.15, 0.2) is 0 Å². The second-order valence-electron chi connectivity index (χ2n) is 4.14. The third-order valence-electron chi connectivity index (χ3n) is 3.06. The van der Waals surface area contributed by atoms with Gasteiger partial charge in [-0.25, -0.2) is 0 Å². The van der Waals surface area contributed by atoms with E-state index in [0.717, 1.165) is 17.7 Å². The van der Waals surface area contributed by atoms with Crippen LogP contribution in [0.15, 0.2) is 30.6 Å². The Morgan fingerprint density at radius 2 is 1.88 bits per heavy atom. The van der Waals surface area contributed by atoms with Gasteiger partial charge in [0.1, 0.15) is 0 Å². The van der Waals surface area contributed by atoms with Gasteiger partial charge in [0.25, 0.3) is 0 Å². The van der Waals surface area contributed by atoms with E-state index >= 15 is 0 Å². The van der Waals surface area contributed by atoms with Crippen molar-refractivity contribution in [2.45, 2.75) is 25.7 Å². The second-order valence-corrected chi connectivity index (χ2v) is 4.14. The molecule has 0 atom stereocenters. The average molecular weight is 211 g/mol. The highest BCUT2D eigenvalue weighted by atomic mass is 15.1. The van der Waals surface area contributed by atoms with Gasteiger partial charge in [-0.15, -0.1) is 0 Å². The molecule has 0 radical (unpaired) electrons. The van der Waals surface area contributed by atoms with Crippen molar-refractivity contribution in [3.05, 3.63) is 41.9 Å². The molecule has 0 fully saturated rings. The van der Waals surface area contributed by atoms with Crippen LogP contribution in [0.3, 0.4) is 0 Å². The summed E-state index contributed by atoms with van der Waals surface area (Å²) < 4.78 is 0. The van der Waals surface area contributed by atoms with Gasteiger partial charge in [0.2, 0.25) is 0 Å². The molecule has 0 N–H and O–H groups in total. The molecule has 0 spiro atoms. The molecule has 80 valence electrons. The fourth-order valence-corrected chi connectivity index (χ4v) is 2.19. The fraction of sp³-hybridized carbons (Fsp3) is 0.308. The largest absolute Gasteiger partial charge is 0.252 e. The van der Waals surface area contributed by atoms with Gasteiger partial charge in [0, 0.05) is 11.3 Å². The Kier molecular flexibility index (Phi) is 2.37. The van der Waals surface area contributed by atoms with Crippen molar-refractivity contribution in [1.82, 2.24) is 15.2 Å². The van der Waals surface area contributed by atoms with E-state index in [1.165, 1.54) is 30.5 Å². The van der Waals surface area contributed by atoms with Crippen molar-refractivity contribution >= 4 is 0 Å². The van der Waals surface area contributed by atoms with Crippen molar-refractivity contribution in [2.24, 2.45) is 0 Å². The summed E-state index contributed by atoms with van der Waals surface area (Å²) in [6.07, 6.45) is 8.32. The van der Waals surface area contributed by atoms with Gasteiger partial charge in [-0.2, -0.15) is 10.2 Å². The molecule has 0 aromatic carbocycles.